The zero-order chi connectivity index (χ0) is 14.2. The summed E-state index contributed by atoms with van der Waals surface area (Å²) in [6.45, 7) is 12.2. The van der Waals surface area contributed by atoms with E-state index in [9.17, 15) is 0 Å². The molecule has 0 aliphatic carbocycles. The highest BCUT2D eigenvalue weighted by atomic mass is 16.4. The Labute approximate surface area is 115 Å². The highest BCUT2D eigenvalue weighted by Crippen LogP contribution is 2.43. The van der Waals surface area contributed by atoms with Crippen LogP contribution < -0.4 is 4.90 Å². The Bertz CT molecular complexity index is 506. The van der Waals surface area contributed by atoms with Crippen LogP contribution >= 0.6 is 0 Å². The third-order valence-corrected chi connectivity index (χ3v) is 4.29. The molecule has 1 unspecified atom stereocenters. The number of fused-ring (bicyclic) bond motifs is 1. The second kappa shape index (κ2) is 4.87. The van der Waals surface area contributed by atoms with Crippen LogP contribution in [0.25, 0.3) is 0 Å². The number of anilines is 1. The zero-order valence-corrected chi connectivity index (χ0v) is 12.6. The Morgan fingerprint density at radius 2 is 2.16 bits per heavy atom. The summed E-state index contributed by atoms with van der Waals surface area (Å²) in [6, 6.07) is 4.40. The van der Waals surface area contributed by atoms with Crippen LogP contribution in [0, 0.1) is 6.92 Å². The monoisotopic (exact) mass is 260 g/mol. The van der Waals surface area contributed by atoms with E-state index in [2.05, 4.69) is 56.8 Å². The smallest absolute Gasteiger partial charge is 0.0736 e. The fraction of sp³-hybridized carbons (Fsp3) is 0.562. The van der Waals surface area contributed by atoms with Gasteiger partial charge in [0.25, 0.3) is 0 Å². The first-order chi connectivity index (χ1) is 8.90. The van der Waals surface area contributed by atoms with E-state index in [0.717, 1.165) is 24.1 Å². The minimum atomic E-state index is 0.195. The number of hydrogen-bond acceptors (Lipinski definition) is 3. The zero-order valence-electron chi connectivity index (χ0n) is 12.6. The van der Waals surface area contributed by atoms with E-state index in [1.165, 1.54) is 17.5 Å². The van der Waals surface area contributed by atoms with Gasteiger partial charge in [-0.1, -0.05) is 12.1 Å². The number of benzene rings is 1. The van der Waals surface area contributed by atoms with Gasteiger partial charge in [0.2, 0.25) is 0 Å². The van der Waals surface area contributed by atoms with Gasteiger partial charge >= 0.3 is 0 Å². The Balaban J connectivity index is 2.60. The number of oxime groups is 1. The molecule has 0 amide bonds. The molecule has 0 radical (unpaired) electrons. The van der Waals surface area contributed by atoms with Crippen molar-refractivity contribution in [1.82, 2.24) is 0 Å². The van der Waals surface area contributed by atoms with Crippen molar-refractivity contribution in [1.29, 1.82) is 0 Å². The first-order valence-corrected chi connectivity index (χ1v) is 7.00. The van der Waals surface area contributed by atoms with Gasteiger partial charge in [-0.15, -0.1) is 0 Å². The average molecular weight is 260 g/mol. The molecule has 1 aliphatic heterocycles. The predicted octanol–water partition coefficient (Wildman–Crippen LogP) is 3.92. The highest BCUT2D eigenvalue weighted by Gasteiger charge is 2.35. The second-order valence-electron chi connectivity index (χ2n) is 6.17. The van der Waals surface area contributed by atoms with Gasteiger partial charge in [-0.25, -0.2) is 0 Å². The molecule has 3 heteroatoms. The molecular weight excluding hydrogens is 236 g/mol. The summed E-state index contributed by atoms with van der Waals surface area (Å²) in [5.41, 5.74) is 5.05. The summed E-state index contributed by atoms with van der Waals surface area (Å²) in [6.07, 6.45) is 2.67. The molecule has 0 fully saturated rings. The van der Waals surface area contributed by atoms with E-state index >= 15 is 0 Å². The van der Waals surface area contributed by atoms with Crippen LogP contribution in [-0.4, -0.2) is 23.5 Å². The molecular formula is C16H24N2O. The molecule has 104 valence electrons. The lowest BCUT2D eigenvalue weighted by Crippen LogP contribution is -2.48. The lowest BCUT2D eigenvalue weighted by atomic mass is 9.79. The molecule has 1 aliphatic rings. The maximum Gasteiger partial charge on any atom is 0.0736 e. The van der Waals surface area contributed by atoms with Crippen molar-refractivity contribution in [3.05, 3.63) is 28.8 Å². The summed E-state index contributed by atoms with van der Waals surface area (Å²) >= 11 is 0. The lowest BCUT2D eigenvalue weighted by Gasteiger charge is -2.47. The minimum absolute atomic E-state index is 0.195. The third kappa shape index (κ3) is 2.34. The molecule has 1 aromatic rings. The molecule has 0 bridgehead atoms. The third-order valence-electron chi connectivity index (χ3n) is 4.29. The average Bonchev–Trinajstić information content (AvgIpc) is 2.31. The molecule has 0 aromatic heterocycles. The van der Waals surface area contributed by atoms with Crippen LogP contribution in [0.5, 0.6) is 0 Å². The number of hydrogen-bond donors (Lipinski definition) is 1. The maximum atomic E-state index is 8.75. The quantitative estimate of drug-likeness (QED) is 0.497. The van der Waals surface area contributed by atoms with E-state index in [1.54, 1.807) is 0 Å². The van der Waals surface area contributed by atoms with Crippen LogP contribution in [0.1, 0.15) is 56.7 Å². The largest absolute Gasteiger partial charge is 0.411 e. The van der Waals surface area contributed by atoms with E-state index in [1.807, 2.05) is 0 Å². The van der Waals surface area contributed by atoms with Crippen LogP contribution in [-0.2, 0) is 0 Å². The van der Waals surface area contributed by atoms with Gasteiger partial charge in [-0.2, -0.15) is 0 Å². The Kier molecular flexibility index (Phi) is 3.57. The molecule has 0 saturated heterocycles. The standard InChI is InChI=1S/C16H24N2O/c1-6-18-15-7-11(2)13(10-17-19)8-14(15)12(3)9-16(18,4)5/h7-8,10,12,19H,6,9H2,1-5H3. The molecule has 2 rings (SSSR count). The van der Waals surface area contributed by atoms with Crippen LogP contribution in [0.15, 0.2) is 17.3 Å². The maximum absolute atomic E-state index is 8.75. The van der Waals surface area contributed by atoms with Crippen LogP contribution in [0.2, 0.25) is 0 Å². The summed E-state index contributed by atoms with van der Waals surface area (Å²) in [5.74, 6) is 0.527. The van der Waals surface area contributed by atoms with Gasteiger partial charge in [-0.3, -0.25) is 0 Å². The molecule has 1 N–H and O–H groups in total. The van der Waals surface area contributed by atoms with Crippen molar-refractivity contribution in [2.24, 2.45) is 5.16 Å². The van der Waals surface area contributed by atoms with E-state index in [-0.39, 0.29) is 5.54 Å². The molecule has 1 heterocycles. The Morgan fingerprint density at radius 1 is 1.47 bits per heavy atom. The van der Waals surface area contributed by atoms with Crippen molar-refractivity contribution in [2.75, 3.05) is 11.4 Å². The first-order valence-electron chi connectivity index (χ1n) is 7.00. The number of aryl methyl sites for hydroxylation is 1. The van der Waals surface area contributed by atoms with Gasteiger partial charge in [0, 0.05) is 17.8 Å². The fourth-order valence-electron chi connectivity index (χ4n) is 3.45. The first kappa shape index (κ1) is 13.9. The Morgan fingerprint density at radius 3 is 2.74 bits per heavy atom. The van der Waals surface area contributed by atoms with Gasteiger partial charge < -0.3 is 10.1 Å². The molecule has 0 spiro atoms. The van der Waals surface area contributed by atoms with Crippen molar-refractivity contribution < 1.29 is 5.21 Å². The van der Waals surface area contributed by atoms with Crippen molar-refractivity contribution in [3.8, 4) is 0 Å². The Hall–Kier alpha value is -1.51. The van der Waals surface area contributed by atoms with Crippen molar-refractivity contribution in [2.45, 2.75) is 52.5 Å². The number of nitrogens with zero attached hydrogens (tertiary/aromatic N) is 2. The molecule has 1 aromatic carbocycles. The number of rotatable bonds is 2. The van der Waals surface area contributed by atoms with Gasteiger partial charge in [0.1, 0.15) is 0 Å². The summed E-state index contributed by atoms with van der Waals surface area (Å²) in [5, 5.41) is 11.9. The topological polar surface area (TPSA) is 35.8 Å². The minimum Gasteiger partial charge on any atom is -0.411 e. The van der Waals surface area contributed by atoms with E-state index in [0.29, 0.717) is 5.92 Å². The summed E-state index contributed by atoms with van der Waals surface area (Å²) in [7, 11) is 0. The van der Waals surface area contributed by atoms with Crippen LogP contribution in [0.3, 0.4) is 0 Å². The summed E-state index contributed by atoms with van der Waals surface area (Å²) < 4.78 is 0. The molecule has 3 nitrogen and oxygen atoms in total. The fourth-order valence-corrected chi connectivity index (χ4v) is 3.45. The second-order valence-corrected chi connectivity index (χ2v) is 6.17. The lowest BCUT2D eigenvalue weighted by molar-refractivity contribution is 0.322. The molecule has 0 saturated carbocycles. The van der Waals surface area contributed by atoms with Crippen molar-refractivity contribution in [3.63, 3.8) is 0 Å². The van der Waals surface area contributed by atoms with Gasteiger partial charge in [-0.05, 0) is 68.9 Å². The summed E-state index contributed by atoms with van der Waals surface area (Å²) in [4.78, 5) is 2.48. The predicted molar refractivity (Wildman–Crippen MR) is 80.7 cm³/mol. The SMILES string of the molecule is CCN1c2cc(C)c(C=NO)cc2C(C)CC1(C)C. The van der Waals surface area contributed by atoms with Gasteiger partial charge in [0.05, 0.1) is 6.21 Å². The highest BCUT2D eigenvalue weighted by molar-refractivity contribution is 5.83. The van der Waals surface area contributed by atoms with E-state index in [4.69, 9.17) is 5.21 Å². The molecule has 1 atom stereocenters. The van der Waals surface area contributed by atoms with Gasteiger partial charge in [0.15, 0.2) is 0 Å². The molecule has 19 heavy (non-hydrogen) atoms. The van der Waals surface area contributed by atoms with Crippen LogP contribution in [0.4, 0.5) is 5.69 Å². The van der Waals surface area contributed by atoms with E-state index < -0.39 is 0 Å². The van der Waals surface area contributed by atoms with Crippen molar-refractivity contribution >= 4 is 11.9 Å². The normalized spacial score (nSPS) is 21.7.